The molecule has 0 atom stereocenters. The van der Waals surface area contributed by atoms with Gasteiger partial charge in [0.05, 0.1) is 11.0 Å². The van der Waals surface area contributed by atoms with Crippen molar-refractivity contribution in [2.75, 3.05) is 0 Å². The molecule has 0 aliphatic carbocycles. The summed E-state index contributed by atoms with van der Waals surface area (Å²) in [5, 5.41) is 19.9. The van der Waals surface area contributed by atoms with E-state index in [2.05, 4.69) is 0 Å². The molecule has 0 saturated heterocycles. The number of phenolic OH excluding ortho intramolecular Hbond substituents is 1. The molecular weight excluding hydrogens is 273 g/mol. The number of rotatable bonds is 4. The van der Waals surface area contributed by atoms with Gasteiger partial charge in [0.1, 0.15) is 12.4 Å². The van der Waals surface area contributed by atoms with Crippen LogP contribution in [0.2, 0.25) is 0 Å². The zero-order valence-electron chi connectivity index (χ0n) is 10.4. The minimum absolute atomic E-state index is 0. The summed E-state index contributed by atoms with van der Waals surface area (Å²) in [6.45, 7) is 0.322. The smallest absolute Gasteiger partial charge is 0.314 e. The quantitative estimate of drug-likeness (QED) is 0.532. The second-order valence-corrected chi connectivity index (χ2v) is 3.68. The van der Waals surface area contributed by atoms with Gasteiger partial charge in [-0.1, -0.05) is 30.3 Å². The van der Waals surface area contributed by atoms with Crippen LogP contribution in [0.1, 0.15) is 5.56 Å². The molecule has 1 N–H and O–H groups in total. The number of aromatic hydroxyl groups is 1. The molecule has 0 amide bonds. The summed E-state index contributed by atoms with van der Waals surface area (Å²) < 4.78 is 5.42. The predicted octanol–water partition coefficient (Wildman–Crippen LogP) is 2.50. The van der Waals surface area contributed by atoms with E-state index < -0.39 is 4.92 Å². The van der Waals surface area contributed by atoms with Crippen LogP contribution in [0.25, 0.3) is 0 Å². The Morgan fingerprint density at radius 3 is 2.47 bits per heavy atom. The molecule has 0 spiro atoms. The van der Waals surface area contributed by atoms with Gasteiger partial charge in [0.25, 0.3) is 0 Å². The second-order valence-electron chi connectivity index (χ2n) is 3.68. The first-order chi connectivity index (χ1) is 8.66. The number of nitro groups is 1. The van der Waals surface area contributed by atoms with Crippen LogP contribution in [-0.2, 0) is 6.61 Å². The van der Waals surface area contributed by atoms with Gasteiger partial charge in [-0.2, -0.15) is 0 Å². The van der Waals surface area contributed by atoms with E-state index in [1.165, 1.54) is 18.2 Å². The molecule has 0 aliphatic heterocycles. The Balaban J connectivity index is 0.00000180. The average molecular weight is 284 g/mol. The van der Waals surface area contributed by atoms with Crippen molar-refractivity contribution in [3.05, 3.63) is 64.2 Å². The van der Waals surface area contributed by atoms with E-state index in [1.807, 2.05) is 30.3 Å². The van der Waals surface area contributed by atoms with Crippen molar-refractivity contribution in [1.29, 1.82) is 0 Å². The number of benzene rings is 2. The van der Waals surface area contributed by atoms with Crippen molar-refractivity contribution in [3.8, 4) is 11.5 Å². The SMILES string of the molecule is O=[N+]([O-])c1cc(OCc2ccccc2)ccc1O.[K]. The first-order valence-corrected chi connectivity index (χ1v) is 5.31. The van der Waals surface area contributed by atoms with Gasteiger partial charge >= 0.3 is 5.69 Å². The van der Waals surface area contributed by atoms with Crippen LogP contribution in [0.15, 0.2) is 48.5 Å². The molecule has 0 heterocycles. The average Bonchev–Trinajstić information content (AvgIpc) is 2.38. The third-order valence-electron chi connectivity index (χ3n) is 2.39. The Morgan fingerprint density at radius 2 is 1.84 bits per heavy atom. The molecular formula is C13H11KNO4. The summed E-state index contributed by atoms with van der Waals surface area (Å²) in [7, 11) is 0. The van der Waals surface area contributed by atoms with Crippen molar-refractivity contribution in [1.82, 2.24) is 0 Å². The normalized spacial score (nSPS) is 9.47. The van der Waals surface area contributed by atoms with Crippen LogP contribution < -0.4 is 4.74 Å². The van der Waals surface area contributed by atoms with E-state index >= 15 is 0 Å². The first-order valence-electron chi connectivity index (χ1n) is 5.31. The number of hydrogen-bond acceptors (Lipinski definition) is 4. The Kier molecular flexibility index (Phi) is 6.46. The van der Waals surface area contributed by atoms with Gasteiger partial charge in [-0.05, 0) is 17.7 Å². The Bertz CT molecular complexity index is 560. The molecule has 19 heavy (non-hydrogen) atoms. The Labute approximate surface area is 152 Å². The number of nitro benzene ring substituents is 1. The monoisotopic (exact) mass is 284 g/mol. The van der Waals surface area contributed by atoms with E-state index in [4.69, 9.17) is 4.74 Å². The van der Waals surface area contributed by atoms with E-state index in [9.17, 15) is 15.2 Å². The molecule has 0 aliphatic rings. The minimum Gasteiger partial charge on any atom is -0.502 e. The van der Waals surface area contributed by atoms with Crippen molar-refractivity contribution in [2.45, 2.75) is 6.61 Å². The first kappa shape index (κ1) is 16.1. The fourth-order valence-corrected chi connectivity index (χ4v) is 1.48. The van der Waals surface area contributed by atoms with Crippen molar-refractivity contribution >= 4 is 57.1 Å². The van der Waals surface area contributed by atoms with Crippen molar-refractivity contribution in [2.24, 2.45) is 0 Å². The number of nitrogens with zero attached hydrogens (tertiary/aromatic N) is 1. The summed E-state index contributed by atoms with van der Waals surface area (Å²) in [5.41, 5.74) is 0.605. The third-order valence-corrected chi connectivity index (χ3v) is 2.39. The van der Waals surface area contributed by atoms with E-state index in [0.29, 0.717) is 12.4 Å². The maximum absolute atomic E-state index is 10.6. The second kappa shape index (κ2) is 7.61. The summed E-state index contributed by atoms with van der Waals surface area (Å²) in [6.07, 6.45) is 0. The maximum atomic E-state index is 10.6. The van der Waals surface area contributed by atoms with Crippen LogP contribution in [0.4, 0.5) is 5.69 Å². The summed E-state index contributed by atoms with van der Waals surface area (Å²) >= 11 is 0. The fraction of sp³-hybridized carbons (Fsp3) is 0.0769. The fourth-order valence-electron chi connectivity index (χ4n) is 1.48. The van der Waals surface area contributed by atoms with Crippen LogP contribution in [0.3, 0.4) is 0 Å². The van der Waals surface area contributed by atoms with Gasteiger partial charge in [0.15, 0.2) is 5.75 Å². The third kappa shape index (κ3) is 4.59. The molecule has 0 bridgehead atoms. The van der Waals surface area contributed by atoms with E-state index in [1.54, 1.807) is 0 Å². The summed E-state index contributed by atoms with van der Waals surface area (Å²) in [6, 6.07) is 13.4. The predicted molar refractivity (Wildman–Crippen MR) is 71.3 cm³/mol. The zero-order chi connectivity index (χ0) is 13.0. The van der Waals surface area contributed by atoms with E-state index in [0.717, 1.165) is 5.56 Å². The topological polar surface area (TPSA) is 72.6 Å². The van der Waals surface area contributed by atoms with Gasteiger partial charge in [0, 0.05) is 51.4 Å². The minimum atomic E-state index is -0.648. The van der Waals surface area contributed by atoms with Gasteiger partial charge < -0.3 is 9.84 Å². The van der Waals surface area contributed by atoms with Crippen LogP contribution >= 0.6 is 0 Å². The molecule has 93 valence electrons. The molecule has 2 rings (SSSR count). The molecule has 1 radical (unpaired) electrons. The molecule has 0 fully saturated rings. The van der Waals surface area contributed by atoms with Crippen molar-refractivity contribution < 1.29 is 14.8 Å². The van der Waals surface area contributed by atoms with Gasteiger partial charge in [-0.15, -0.1) is 0 Å². The maximum Gasteiger partial charge on any atom is 0.314 e. The molecule has 0 unspecified atom stereocenters. The van der Waals surface area contributed by atoms with Crippen LogP contribution in [-0.4, -0.2) is 61.4 Å². The molecule has 0 aromatic heterocycles. The van der Waals surface area contributed by atoms with E-state index in [-0.39, 0.29) is 62.8 Å². The zero-order valence-corrected chi connectivity index (χ0v) is 13.6. The van der Waals surface area contributed by atoms with Crippen molar-refractivity contribution in [3.63, 3.8) is 0 Å². The molecule has 2 aromatic carbocycles. The summed E-state index contributed by atoms with van der Waals surface area (Å²) in [4.78, 5) is 9.99. The van der Waals surface area contributed by atoms with Gasteiger partial charge in [-0.3, -0.25) is 10.1 Å². The van der Waals surface area contributed by atoms with Gasteiger partial charge in [-0.25, -0.2) is 0 Å². The van der Waals surface area contributed by atoms with Gasteiger partial charge in [0.2, 0.25) is 0 Å². The van der Waals surface area contributed by atoms with Crippen LogP contribution in [0, 0.1) is 10.1 Å². The molecule has 2 aromatic rings. The standard InChI is InChI=1S/C13H11NO4.K/c15-13-7-6-11(8-12(13)14(16)17)18-9-10-4-2-1-3-5-10;/h1-8,15H,9H2;. The summed E-state index contributed by atoms with van der Waals surface area (Å²) in [5.74, 6) is -0.0181. The molecule has 5 nitrogen and oxygen atoms in total. The molecule has 6 heteroatoms. The Morgan fingerprint density at radius 1 is 1.16 bits per heavy atom. The largest absolute Gasteiger partial charge is 0.502 e. The number of phenols is 1. The number of ether oxygens (including phenoxy) is 1. The Hall–Kier alpha value is -0.924. The van der Waals surface area contributed by atoms with Crippen LogP contribution in [0.5, 0.6) is 11.5 Å². The number of hydrogen-bond donors (Lipinski definition) is 1. The molecule has 0 saturated carbocycles.